The van der Waals surface area contributed by atoms with Crippen molar-refractivity contribution in [2.45, 2.75) is 58.2 Å². The Kier molecular flexibility index (Phi) is 6.88. The molecule has 1 saturated heterocycles. The SMILES string of the molecule is CC(C)(C)OC(=O)n1ncc2cc(NC3CCCN(Cc4cccc(CC(=O)O)c4)C3)ccc21. The lowest BCUT2D eigenvalue weighted by Crippen LogP contribution is -2.41. The number of fused-ring (bicyclic) bond motifs is 1. The second-order valence-corrected chi connectivity index (χ2v) is 9.92. The van der Waals surface area contributed by atoms with E-state index >= 15 is 0 Å². The van der Waals surface area contributed by atoms with Crippen LogP contribution in [0.5, 0.6) is 0 Å². The highest BCUT2D eigenvalue weighted by molar-refractivity contribution is 5.89. The summed E-state index contributed by atoms with van der Waals surface area (Å²) in [7, 11) is 0. The van der Waals surface area contributed by atoms with Crippen LogP contribution >= 0.6 is 0 Å². The molecule has 1 aromatic heterocycles. The Hall–Kier alpha value is -3.39. The molecule has 1 unspecified atom stereocenters. The number of piperidine rings is 1. The lowest BCUT2D eigenvalue weighted by atomic mass is 10.0. The van der Waals surface area contributed by atoms with E-state index in [4.69, 9.17) is 9.84 Å². The van der Waals surface area contributed by atoms with Gasteiger partial charge in [-0.2, -0.15) is 9.78 Å². The summed E-state index contributed by atoms with van der Waals surface area (Å²) in [5, 5.41) is 17.8. The van der Waals surface area contributed by atoms with Crippen LogP contribution in [-0.2, 0) is 22.5 Å². The summed E-state index contributed by atoms with van der Waals surface area (Å²) in [5.74, 6) is -0.812. The molecule has 2 heterocycles. The van der Waals surface area contributed by atoms with Crippen molar-refractivity contribution in [3.8, 4) is 0 Å². The molecule has 2 aromatic carbocycles. The van der Waals surface area contributed by atoms with Gasteiger partial charge in [0.15, 0.2) is 0 Å². The standard InChI is InChI=1S/C26H32N4O4/c1-26(2,3)34-25(33)30-23-10-9-21(14-20(23)15-27-30)28-22-8-5-11-29(17-22)16-19-7-4-6-18(12-19)13-24(31)32/h4,6-7,9-10,12,14-15,22,28H,5,8,11,13,16-17H2,1-3H3,(H,31,32). The molecular weight excluding hydrogens is 432 g/mol. The molecule has 2 N–H and O–H groups in total. The Morgan fingerprint density at radius 3 is 2.74 bits per heavy atom. The molecule has 0 spiro atoms. The second kappa shape index (κ2) is 9.85. The average molecular weight is 465 g/mol. The van der Waals surface area contributed by atoms with Gasteiger partial charge in [-0.25, -0.2) is 4.79 Å². The number of anilines is 1. The molecule has 0 aliphatic carbocycles. The zero-order chi connectivity index (χ0) is 24.3. The van der Waals surface area contributed by atoms with E-state index in [0.717, 1.165) is 54.7 Å². The first-order valence-corrected chi connectivity index (χ1v) is 11.7. The molecule has 8 heteroatoms. The second-order valence-electron chi connectivity index (χ2n) is 9.92. The first-order chi connectivity index (χ1) is 16.2. The molecule has 0 saturated carbocycles. The van der Waals surface area contributed by atoms with Crippen molar-refractivity contribution in [2.24, 2.45) is 0 Å². The predicted molar refractivity (Wildman–Crippen MR) is 131 cm³/mol. The molecule has 1 atom stereocenters. The molecule has 180 valence electrons. The number of aromatic nitrogens is 2. The Balaban J connectivity index is 1.39. The molecule has 1 fully saturated rings. The Morgan fingerprint density at radius 2 is 1.97 bits per heavy atom. The van der Waals surface area contributed by atoms with Gasteiger partial charge < -0.3 is 15.2 Å². The molecule has 0 amide bonds. The van der Waals surface area contributed by atoms with Gasteiger partial charge in [0.05, 0.1) is 18.1 Å². The maximum absolute atomic E-state index is 12.4. The topological polar surface area (TPSA) is 96.7 Å². The number of carbonyl (C=O) groups is 2. The zero-order valence-electron chi connectivity index (χ0n) is 20.0. The van der Waals surface area contributed by atoms with E-state index < -0.39 is 17.7 Å². The molecule has 0 bridgehead atoms. The van der Waals surface area contributed by atoms with Crippen LogP contribution in [0, 0.1) is 0 Å². The van der Waals surface area contributed by atoms with Gasteiger partial charge in [-0.3, -0.25) is 9.69 Å². The Bertz CT molecular complexity index is 1180. The summed E-state index contributed by atoms with van der Waals surface area (Å²) >= 11 is 0. The monoisotopic (exact) mass is 464 g/mol. The first-order valence-electron chi connectivity index (χ1n) is 11.7. The van der Waals surface area contributed by atoms with Crippen LogP contribution in [0.3, 0.4) is 0 Å². The van der Waals surface area contributed by atoms with Gasteiger partial charge in [0, 0.05) is 30.2 Å². The minimum Gasteiger partial charge on any atom is -0.481 e. The number of hydrogen-bond acceptors (Lipinski definition) is 6. The minimum absolute atomic E-state index is 0.0466. The van der Waals surface area contributed by atoms with E-state index in [1.54, 1.807) is 6.20 Å². The fraction of sp³-hybridized carbons (Fsp3) is 0.423. The van der Waals surface area contributed by atoms with Crippen LogP contribution in [-0.4, -0.2) is 56.6 Å². The van der Waals surface area contributed by atoms with Crippen LogP contribution in [0.15, 0.2) is 48.7 Å². The van der Waals surface area contributed by atoms with Crippen LogP contribution < -0.4 is 5.32 Å². The molecule has 34 heavy (non-hydrogen) atoms. The number of rotatable bonds is 6. The minimum atomic E-state index is -0.812. The number of carboxylic acids is 1. The lowest BCUT2D eigenvalue weighted by Gasteiger charge is -2.33. The number of aliphatic carboxylic acids is 1. The summed E-state index contributed by atoms with van der Waals surface area (Å²) in [6.07, 6.45) is 3.40. The molecular formula is C26H32N4O4. The average Bonchev–Trinajstić information content (AvgIpc) is 3.16. The van der Waals surface area contributed by atoms with Crippen LogP contribution in [0.4, 0.5) is 10.5 Å². The van der Waals surface area contributed by atoms with E-state index in [0.29, 0.717) is 11.6 Å². The van der Waals surface area contributed by atoms with Crippen LogP contribution in [0.25, 0.3) is 10.9 Å². The van der Waals surface area contributed by atoms with Gasteiger partial charge in [-0.05, 0) is 69.5 Å². The van der Waals surface area contributed by atoms with Crippen molar-refractivity contribution >= 4 is 28.7 Å². The van der Waals surface area contributed by atoms with E-state index in [1.807, 2.05) is 57.2 Å². The fourth-order valence-corrected chi connectivity index (χ4v) is 4.40. The summed E-state index contributed by atoms with van der Waals surface area (Å²) in [5.41, 5.74) is 3.09. The number of benzene rings is 2. The summed E-state index contributed by atoms with van der Waals surface area (Å²) in [6, 6.07) is 14.0. The first kappa shape index (κ1) is 23.8. The number of nitrogens with zero attached hydrogens (tertiary/aromatic N) is 3. The molecule has 8 nitrogen and oxygen atoms in total. The van der Waals surface area contributed by atoms with Gasteiger partial charge in [0.2, 0.25) is 0 Å². The molecule has 4 rings (SSSR count). The maximum Gasteiger partial charge on any atom is 0.435 e. The number of hydrogen-bond donors (Lipinski definition) is 2. The third-order valence-corrected chi connectivity index (χ3v) is 5.76. The highest BCUT2D eigenvalue weighted by Crippen LogP contribution is 2.23. The highest BCUT2D eigenvalue weighted by atomic mass is 16.6. The van der Waals surface area contributed by atoms with E-state index in [1.165, 1.54) is 4.68 Å². The summed E-state index contributed by atoms with van der Waals surface area (Å²) < 4.78 is 6.74. The van der Waals surface area contributed by atoms with Crippen molar-refractivity contribution in [3.05, 3.63) is 59.8 Å². The van der Waals surface area contributed by atoms with Crippen molar-refractivity contribution < 1.29 is 19.4 Å². The number of ether oxygens (including phenoxy) is 1. The molecule has 1 aliphatic heterocycles. The van der Waals surface area contributed by atoms with Crippen LogP contribution in [0.1, 0.15) is 44.7 Å². The van der Waals surface area contributed by atoms with Gasteiger partial charge in [-0.1, -0.05) is 24.3 Å². The summed E-state index contributed by atoms with van der Waals surface area (Å²) in [6.45, 7) is 8.21. The van der Waals surface area contributed by atoms with E-state index in [-0.39, 0.29) is 6.42 Å². The summed E-state index contributed by atoms with van der Waals surface area (Å²) in [4.78, 5) is 25.8. The molecule has 0 radical (unpaired) electrons. The number of carbonyl (C=O) groups excluding carboxylic acids is 1. The number of likely N-dealkylation sites (tertiary alicyclic amines) is 1. The van der Waals surface area contributed by atoms with E-state index in [9.17, 15) is 9.59 Å². The van der Waals surface area contributed by atoms with E-state index in [2.05, 4.69) is 21.4 Å². The van der Waals surface area contributed by atoms with Gasteiger partial charge in [0.1, 0.15) is 5.60 Å². The lowest BCUT2D eigenvalue weighted by molar-refractivity contribution is -0.136. The maximum atomic E-state index is 12.4. The van der Waals surface area contributed by atoms with Crippen molar-refractivity contribution in [1.82, 2.24) is 14.7 Å². The molecule has 3 aromatic rings. The zero-order valence-corrected chi connectivity index (χ0v) is 20.0. The number of nitrogens with one attached hydrogen (secondary N) is 1. The largest absolute Gasteiger partial charge is 0.481 e. The fourth-order valence-electron chi connectivity index (χ4n) is 4.40. The third kappa shape index (κ3) is 6.14. The van der Waals surface area contributed by atoms with Gasteiger partial charge >= 0.3 is 12.1 Å². The Morgan fingerprint density at radius 1 is 1.18 bits per heavy atom. The highest BCUT2D eigenvalue weighted by Gasteiger charge is 2.22. The van der Waals surface area contributed by atoms with Gasteiger partial charge in [0.25, 0.3) is 0 Å². The van der Waals surface area contributed by atoms with Crippen molar-refractivity contribution in [3.63, 3.8) is 0 Å². The van der Waals surface area contributed by atoms with Gasteiger partial charge in [-0.15, -0.1) is 0 Å². The number of carboxylic acid groups (broad SMARTS) is 1. The third-order valence-electron chi connectivity index (χ3n) is 5.76. The van der Waals surface area contributed by atoms with Crippen molar-refractivity contribution in [2.75, 3.05) is 18.4 Å². The normalized spacial score (nSPS) is 17.0. The molecule has 1 aliphatic rings. The smallest absolute Gasteiger partial charge is 0.435 e. The van der Waals surface area contributed by atoms with Crippen molar-refractivity contribution in [1.29, 1.82) is 0 Å². The Labute approximate surface area is 199 Å². The predicted octanol–water partition coefficient (Wildman–Crippen LogP) is 4.52. The van der Waals surface area contributed by atoms with Crippen LogP contribution in [0.2, 0.25) is 0 Å². The quantitative estimate of drug-likeness (QED) is 0.553.